The van der Waals surface area contributed by atoms with E-state index in [2.05, 4.69) is 20.9 Å². The Bertz CT molecular complexity index is 1460. The highest BCUT2D eigenvalue weighted by Crippen LogP contribution is 2.14. The Hall–Kier alpha value is -5.02. The molecule has 0 saturated carbocycles. The molecule has 222 valence electrons. The molecule has 0 bridgehead atoms. The van der Waals surface area contributed by atoms with Gasteiger partial charge in [0.05, 0.1) is 6.61 Å². The zero-order chi connectivity index (χ0) is 30.4. The molecule has 4 rings (SSSR count). The van der Waals surface area contributed by atoms with Crippen LogP contribution < -0.4 is 26.4 Å². The Kier molecular flexibility index (Phi) is 11.4. The van der Waals surface area contributed by atoms with Gasteiger partial charge in [0.1, 0.15) is 17.8 Å². The normalized spacial score (nSPS) is 12.0. The Labute approximate surface area is 251 Å². The lowest BCUT2D eigenvalue weighted by Crippen LogP contribution is -2.55. The standard InChI is InChI=1S/C34H37N5O4/c1-2-43-29-17-15-24(16-18-29)20-30(38-32(40)27-8-4-3-5-9-27)34(42)39-31(21-28-10-6-7-19-36-28)33(41)37-23-26-13-11-25(22-35)12-14-26/h3-19,30-31H,2,20-23,35H2,1H3,(H,37,41)(H,38,40)(H,39,42)/t30-,31+/m1/s1. The van der Waals surface area contributed by atoms with Gasteiger partial charge in [-0.25, -0.2) is 0 Å². The van der Waals surface area contributed by atoms with Gasteiger partial charge in [-0.1, -0.05) is 60.7 Å². The molecule has 0 fully saturated rings. The van der Waals surface area contributed by atoms with Gasteiger partial charge in [-0.2, -0.15) is 0 Å². The van der Waals surface area contributed by atoms with Crippen molar-refractivity contribution in [2.75, 3.05) is 6.61 Å². The maximum absolute atomic E-state index is 13.8. The lowest BCUT2D eigenvalue weighted by atomic mass is 10.0. The van der Waals surface area contributed by atoms with Gasteiger partial charge >= 0.3 is 0 Å². The van der Waals surface area contributed by atoms with Crippen LogP contribution in [0.1, 0.15) is 39.7 Å². The SMILES string of the molecule is CCOc1ccc(C[C@@H](NC(=O)c2ccccc2)C(=O)N[C@@H](Cc2ccccn2)C(=O)NCc2ccc(CN)cc2)cc1. The number of rotatable bonds is 14. The minimum atomic E-state index is -0.950. The molecule has 0 spiro atoms. The van der Waals surface area contributed by atoms with Gasteiger partial charge in [0.15, 0.2) is 0 Å². The Balaban J connectivity index is 1.53. The second kappa shape index (κ2) is 15.8. The fourth-order valence-electron chi connectivity index (χ4n) is 4.48. The molecule has 43 heavy (non-hydrogen) atoms. The molecule has 0 unspecified atom stereocenters. The number of amides is 3. The van der Waals surface area contributed by atoms with Crippen LogP contribution in [-0.4, -0.2) is 41.4 Å². The monoisotopic (exact) mass is 579 g/mol. The molecule has 3 amide bonds. The highest BCUT2D eigenvalue weighted by molar-refractivity contribution is 5.98. The van der Waals surface area contributed by atoms with Crippen LogP contribution in [0.5, 0.6) is 5.75 Å². The van der Waals surface area contributed by atoms with Crippen LogP contribution in [0, 0.1) is 0 Å². The fraction of sp³-hybridized carbons (Fsp3) is 0.235. The molecule has 1 aromatic heterocycles. The molecule has 0 saturated heterocycles. The number of carbonyl (C=O) groups is 3. The van der Waals surface area contributed by atoms with Crippen molar-refractivity contribution >= 4 is 17.7 Å². The van der Waals surface area contributed by atoms with Gasteiger partial charge in [-0.05, 0) is 60.0 Å². The van der Waals surface area contributed by atoms with Crippen molar-refractivity contribution in [3.8, 4) is 5.75 Å². The summed E-state index contributed by atoms with van der Waals surface area (Å²) in [5, 5.41) is 8.66. The van der Waals surface area contributed by atoms with E-state index in [-0.39, 0.29) is 25.3 Å². The van der Waals surface area contributed by atoms with E-state index in [1.54, 1.807) is 42.6 Å². The fourth-order valence-corrected chi connectivity index (χ4v) is 4.48. The Morgan fingerprint density at radius 3 is 2.05 bits per heavy atom. The van der Waals surface area contributed by atoms with Crippen LogP contribution >= 0.6 is 0 Å². The van der Waals surface area contributed by atoms with Gasteiger partial charge in [0.25, 0.3) is 5.91 Å². The molecule has 5 N–H and O–H groups in total. The second-order valence-electron chi connectivity index (χ2n) is 10.00. The quantitative estimate of drug-likeness (QED) is 0.181. The van der Waals surface area contributed by atoms with E-state index in [1.165, 1.54) is 0 Å². The van der Waals surface area contributed by atoms with Gasteiger partial charge < -0.3 is 26.4 Å². The van der Waals surface area contributed by atoms with Crippen molar-refractivity contribution < 1.29 is 19.1 Å². The molecule has 3 aromatic carbocycles. The number of aromatic nitrogens is 1. The van der Waals surface area contributed by atoms with Crippen molar-refractivity contribution in [2.24, 2.45) is 5.73 Å². The number of nitrogens with zero attached hydrogens (tertiary/aromatic N) is 1. The number of nitrogens with one attached hydrogen (secondary N) is 3. The minimum absolute atomic E-state index is 0.174. The summed E-state index contributed by atoms with van der Waals surface area (Å²) in [6.45, 7) is 3.15. The van der Waals surface area contributed by atoms with Crippen molar-refractivity contribution in [3.05, 3.63) is 131 Å². The van der Waals surface area contributed by atoms with E-state index in [9.17, 15) is 14.4 Å². The molecular formula is C34H37N5O4. The topological polar surface area (TPSA) is 135 Å². The summed E-state index contributed by atoms with van der Waals surface area (Å²) in [6.07, 6.45) is 2.02. The van der Waals surface area contributed by atoms with E-state index < -0.39 is 23.9 Å². The zero-order valence-corrected chi connectivity index (χ0v) is 24.2. The third-order valence-corrected chi connectivity index (χ3v) is 6.83. The maximum atomic E-state index is 13.8. The van der Waals surface area contributed by atoms with E-state index >= 15 is 0 Å². The number of pyridine rings is 1. The highest BCUT2D eigenvalue weighted by atomic mass is 16.5. The summed E-state index contributed by atoms with van der Waals surface area (Å²) >= 11 is 0. The second-order valence-corrected chi connectivity index (χ2v) is 10.00. The molecule has 9 nitrogen and oxygen atoms in total. The van der Waals surface area contributed by atoms with Crippen molar-refractivity contribution in [1.29, 1.82) is 0 Å². The molecular weight excluding hydrogens is 542 g/mol. The van der Waals surface area contributed by atoms with Crippen LogP contribution in [-0.2, 0) is 35.5 Å². The first-order valence-corrected chi connectivity index (χ1v) is 14.3. The lowest BCUT2D eigenvalue weighted by molar-refractivity contribution is -0.130. The number of hydrogen-bond donors (Lipinski definition) is 4. The predicted molar refractivity (Wildman–Crippen MR) is 165 cm³/mol. The van der Waals surface area contributed by atoms with Crippen LogP contribution in [0.3, 0.4) is 0 Å². The van der Waals surface area contributed by atoms with Crippen LogP contribution in [0.25, 0.3) is 0 Å². The average Bonchev–Trinajstić information content (AvgIpc) is 3.05. The predicted octanol–water partition coefficient (Wildman–Crippen LogP) is 3.32. The van der Waals surface area contributed by atoms with Crippen molar-refractivity contribution in [1.82, 2.24) is 20.9 Å². The molecule has 4 aromatic rings. The summed E-state index contributed by atoms with van der Waals surface area (Å²) in [4.78, 5) is 44.6. The molecule has 9 heteroatoms. The first-order valence-electron chi connectivity index (χ1n) is 14.3. The van der Waals surface area contributed by atoms with Gasteiger partial charge in [0, 0.05) is 43.4 Å². The maximum Gasteiger partial charge on any atom is 0.251 e. The molecule has 0 radical (unpaired) electrons. The third-order valence-electron chi connectivity index (χ3n) is 6.83. The molecule has 0 aliphatic heterocycles. The Morgan fingerprint density at radius 1 is 0.744 bits per heavy atom. The lowest BCUT2D eigenvalue weighted by Gasteiger charge is -2.23. The first-order chi connectivity index (χ1) is 20.9. The third kappa shape index (κ3) is 9.51. The molecule has 2 atom stereocenters. The smallest absolute Gasteiger partial charge is 0.251 e. The highest BCUT2D eigenvalue weighted by Gasteiger charge is 2.28. The van der Waals surface area contributed by atoms with Crippen molar-refractivity contribution in [3.63, 3.8) is 0 Å². The van der Waals surface area contributed by atoms with Crippen LogP contribution in [0.2, 0.25) is 0 Å². The molecule has 0 aliphatic rings. The summed E-state index contributed by atoms with van der Waals surface area (Å²) in [7, 11) is 0. The van der Waals surface area contributed by atoms with Gasteiger partial charge in [-0.3, -0.25) is 19.4 Å². The van der Waals surface area contributed by atoms with Gasteiger partial charge in [0.2, 0.25) is 11.8 Å². The van der Waals surface area contributed by atoms with Crippen molar-refractivity contribution in [2.45, 2.75) is 44.9 Å². The number of hydrogen-bond acceptors (Lipinski definition) is 6. The number of nitrogens with two attached hydrogens (primary N) is 1. The van der Waals surface area contributed by atoms with E-state index in [1.807, 2.05) is 67.6 Å². The molecule has 1 heterocycles. The number of ether oxygens (including phenoxy) is 1. The summed E-state index contributed by atoms with van der Waals surface area (Å²) in [5.74, 6) is -0.527. The largest absolute Gasteiger partial charge is 0.494 e. The first kappa shape index (κ1) is 30.9. The molecule has 0 aliphatic carbocycles. The van der Waals surface area contributed by atoms with Gasteiger partial charge in [-0.15, -0.1) is 0 Å². The average molecular weight is 580 g/mol. The van der Waals surface area contributed by atoms with Crippen LogP contribution in [0.15, 0.2) is 103 Å². The zero-order valence-electron chi connectivity index (χ0n) is 24.2. The Morgan fingerprint density at radius 2 is 1.40 bits per heavy atom. The van der Waals surface area contributed by atoms with E-state index in [4.69, 9.17) is 10.5 Å². The van der Waals surface area contributed by atoms with Crippen LogP contribution in [0.4, 0.5) is 0 Å². The summed E-state index contributed by atoms with van der Waals surface area (Å²) in [5.41, 5.74) is 9.47. The van der Waals surface area contributed by atoms with E-state index in [0.29, 0.717) is 30.2 Å². The number of benzene rings is 3. The summed E-state index contributed by atoms with van der Waals surface area (Å²) in [6, 6.07) is 27.2. The van der Waals surface area contributed by atoms with E-state index in [0.717, 1.165) is 16.7 Å². The number of carbonyl (C=O) groups excluding carboxylic acids is 3. The minimum Gasteiger partial charge on any atom is -0.494 e. The summed E-state index contributed by atoms with van der Waals surface area (Å²) < 4.78 is 5.53.